The highest BCUT2D eigenvalue weighted by Crippen LogP contribution is 2.18. The summed E-state index contributed by atoms with van der Waals surface area (Å²) in [6, 6.07) is 0. The first-order valence-corrected chi connectivity index (χ1v) is 7.62. The number of carbonyl (C=O) groups is 3. The molecule has 0 aliphatic rings. The molecule has 0 aliphatic heterocycles. The van der Waals surface area contributed by atoms with Crippen molar-refractivity contribution in [1.29, 1.82) is 0 Å². The van der Waals surface area contributed by atoms with E-state index < -0.39 is 17.8 Å². The number of nitrogens with zero attached hydrogens (tertiary/aromatic N) is 4. The molecule has 2 rings (SSSR count). The number of halogens is 1. The highest BCUT2D eigenvalue weighted by atomic mass is 35.5. The molecule has 3 N–H and O–H groups in total. The van der Waals surface area contributed by atoms with Crippen LogP contribution in [0.2, 0.25) is 5.02 Å². The fourth-order valence-electron chi connectivity index (χ4n) is 2.12. The number of nitrogens with one attached hydrogen (secondary N) is 2. The van der Waals surface area contributed by atoms with Gasteiger partial charge in [-0.3, -0.25) is 19.0 Å². The van der Waals surface area contributed by atoms with E-state index in [0.29, 0.717) is 5.69 Å². The van der Waals surface area contributed by atoms with E-state index in [9.17, 15) is 14.4 Å². The van der Waals surface area contributed by atoms with Crippen molar-refractivity contribution < 1.29 is 19.5 Å². The largest absolute Gasteiger partial charge is 0.477 e. The Morgan fingerprint density at radius 1 is 1.16 bits per heavy atom. The molecule has 10 nitrogen and oxygen atoms in total. The normalized spacial score (nSPS) is 10.6. The van der Waals surface area contributed by atoms with Gasteiger partial charge in [0, 0.05) is 27.2 Å². The van der Waals surface area contributed by atoms with Crippen LogP contribution in [0.5, 0.6) is 0 Å². The highest BCUT2D eigenvalue weighted by molar-refractivity contribution is 6.34. The van der Waals surface area contributed by atoms with Crippen molar-refractivity contribution in [3.05, 3.63) is 33.9 Å². The number of carbonyl (C=O) groups excluding carboxylic acids is 2. The SMILES string of the molecule is Cc1c(Cl)c(C(=O)NCCNC(=O)c2cnn(C)c2C(=O)O)nn1C. The van der Waals surface area contributed by atoms with Gasteiger partial charge in [0.1, 0.15) is 0 Å². The van der Waals surface area contributed by atoms with Gasteiger partial charge in [-0.05, 0) is 6.92 Å². The third kappa shape index (κ3) is 3.79. The van der Waals surface area contributed by atoms with Crippen LogP contribution in [0.15, 0.2) is 6.20 Å². The third-order valence-corrected chi connectivity index (χ3v) is 4.01. The summed E-state index contributed by atoms with van der Waals surface area (Å²) in [7, 11) is 3.10. The Hall–Kier alpha value is -2.88. The molecule has 0 fully saturated rings. The quantitative estimate of drug-likeness (QED) is 0.614. The lowest BCUT2D eigenvalue weighted by molar-refractivity contribution is 0.0679. The van der Waals surface area contributed by atoms with E-state index in [4.69, 9.17) is 16.7 Å². The van der Waals surface area contributed by atoms with Gasteiger partial charge in [-0.25, -0.2) is 4.79 Å². The maximum Gasteiger partial charge on any atom is 0.354 e. The number of hydrogen-bond donors (Lipinski definition) is 3. The summed E-state index contributed by atoms with van der Waals surface area (Å²) >= 11 is 6.02. The van der Waals surface area contributed by atoms with Gasteiger partial charge in [-0.2, -0.15) is 10.2 Å². The van der Waals surface area contributed by atoms with Crippen molar-refractivity contribution in [2.24, 2.45) is 14.1 Å². The summed E-state index contributed by atoms with van der Waals surface area (Å²) in [5.74, 6) is -2.30. The molecule has 0 saturated carbocycles. The van der Waals surface area contributed by atoms with Gasteiger partial charge >= 0.3 is 5.97 Å². The van der Waals surface area contributed by atoms with Crippen LogP contribution in [0.25, 0.3) is 0 Å². The van der Waals surface area contributed by atoms with Crippen LogP contribution in [0.4, 0.5) is 0 Å². The molecular formula is C14H17ClN6O4. The summed E-state index contributed by atoms with van der Waals surface area (Å²) in [5, 5.41) is 22.2. The molecule has 0 atom stereocenters. The maximum atomic E-state index is 12.0. The van der Waals surface area contributed by atoms with Gasteiger partial charge in [-0.1, -0.05) is 11.6 Å². The smallest absolute Gasteiger partial charge is 0.354 e. The van der Waals surface area contributed by atoms with E-state index in [1.807, 2.05) is 0 Å². The van der Waals surface area contributed by atoms with Crippen LogP contribution in [0.1, 0.15) is 37.0 Å². The first-order valence-electron chi connectivity index (χ1n) is 7.24. The molecule has 0 saturated heterocycles. The van der Waals surface area contributed by atoms with E-state index in [-0.39, 0.29) is 35.1 Å². The average Bonchev–Trinajstić information content (AvgIpc) is 3.06. The minimum atomic E-state index is -1.25. The van der Waals surface area contributed by atoms with E-state index in [0.717, 1.165) is 4.68 Å². The van der Waals surface area contributed by atoms with E-state index in [1.54, 1.807) is 14.0 Å². The summed E-state index contributed by atoms with van der Waals surface area (Å²) < 4.78 is 2.60. The molecule has 0 unspecified atom stereocenters. The van der Waals surface area contributed by atoms with Crippen LogP contribution in [-0.2, 0) is 14.1 Å². The zero-order chi connectivity index (χ0) is 18.7. The number of rotatable bonds is 6. The van der Waals surface area contributed by atoms with E-state index >= 15 is 0 Å². The number of carboxylic acids is 1. The Morgan fingerprint density at radius 3 is 2.28 bits per heavy atom. The lowest BCUT2D eigenvalue weighted by atomic mass is 10.2. The number of carboxylic acid groups (broad SMARTS) is 1. The van der Waals surface area contributed by atoms with Gasteiger partial charge in [0.05, 0.1) is 22.5 Å². The Labute approximate surface area is 147 Å². The zero-order valence-electron chi connectivity index (χ0n) is 13.8. The lowest BCUT2D eigenvalue weighted by Crippen LogP contribution is -2.35. The standard InChI is InChI=1S/C14H17ClN6O4/c1-7-9(15)10(19-20(7)2)13(23)17-5-4-16-12(22)8-6-18-21(3)11(8)14(24)25/h6H,4-5H2,1-3H3,(H,16,22)(H,17,23)(H,24,25). The van der Waals surface area contributed by atoms with Crippen LogP contribution in [0, 0.1) is 6.92 Å². The highest BCUT2D eigenvalue weighted by Gasteiger charge is 2.21. The van der Waals surface area contributed by atoms with Gasteiger partial charge < -0.3 is 15.7 Å². The van der Waals surface area contributed by atoms with Crippen molar-refractivity contribution in [2.75, 3.05) is 13.1 Å². The summed E-state index contributed by atoms with van der Waals surface area (Å²) in [4.78, 5) is 35.2. The van der Waals surface area contributed by atoms with Crippen LogP contribution >= 0.6 is 11.6 Å². The Kier molecular flexibility index (Phi) is 5.42. The van der Waals surface area contributed by atoms with Crippen molar-refractivity contribution in [1.82, 2.24) is 30.2 Å². The Bertz CT molecular complexity index is 841. The second kappa shape index (κ2) is 7.34. The molecule has 0 aliphatic carbocycles. The molecule has 0 spiro atoms. The molecule has 0 bridgehead atoms. The molecule has 2 aromatic rings. The lowest BCUT2D eigenvalue weighted by Gasteiger charge is -2.06. The molecule has 0 radical (unpaired) electrons. The molecule has 2 aromatic heterocycles. The molecule has 11 heteroatoms. The second-order valence-corrected chi connectivity index (χ2v) is 5.60. The monoisotopic (exact) mass is 368 g/mol. The molecule has 134 valence electrons. The van der Waals surface area contributed by atoms with Crippen molar-refractivity contribution >= 4 is 29.4 Å². The third-order valence-electron chi connectivity index (χ3n) is 3.56. The Morgan fingerprint density at radius 2 is 1.76 bits per heavy atom. The molecule has 2 heterocycles. The first-order chi connectivity index (χ1) is 11.7. The number of aryl methyl sites for hydroxylation is 2. The van der Waals surface area contributed by atoms with Gasteiger partial charge in [0.25, 0.3) is 11.8 Å². The van der Waals surface area contributed by atoms with E-state index in [2.05, 4.69) is 20.8 Å². The van der Waals surface area contributed by atoms with Gasteiger partial charge in [0.2, 0.25) is 0 Å². The van der Waals surface area contributed by atoms with Gasteiger partial charge in [-0.15, -0.1) is 0 Å². The molecule has 25 heavy (non-hydrogen) atoms. The fourth-order valence-corrected chi connectivity index (χ4v) is 2.36. The minimum absolute atomic E-state index is 0.0512. The number of hydrogen-bond acceptors (Lipinski definition) is 5. The van der Waals surface area contributed by atoms with Crippen molar-refractivity contribution in [2.45, 2.75) is 6.92 Å². The minimum Gasteiger partial charge on any atom is -0.477 e. The summed E-state index contributed by atoms with van der Waals surface area (Å²) in [5.41, 5.74) is 0.508. The fraction of sp³-hybridized carbons (Fsp3) is 0.357. The number of aromatic nitrogens is 4. The first kappa shape index (κ1) is 18.5. The predicted octanol–water partition coefficient (Wildman–Crippen LogP) is -0.0266. The number of aromatic carboxylic acids is 1. The summed E-state index contributed by atoms with van der Waals surface area (Å²) in [6.07, 6.45) is 1.17. The van der Waals surface area contributed by atoms with Crippen LogP contribution < -0.4 is 10.6 Å². The average molecular weight is 369 g/mol. The molecule has 2 amide bonds. The van der Waals surface area contributed by atoms with Crippen LogP contribution in [0.3, 0.4) is 0 Å². The second-order valence-electron chi connectivity index (χ2n) is 5.22. The zero-order valence-corrected chi connectivity index (χ0v) is 14.6. The van der Waals surface area contributed by atoms with Crippen molar-refractivity contribution in [3.63, 3.8) is 0 Å². The van der Waals surface area contributed by atoms with Crippen LogP contribution in [-0.4, -0.2) is 55.5 Å². The molecular weight excluding hydrogens is 352 g/mol. The molecule has 0 aromatic carbocycles. The van der Waals surface area contributed by atoms with Gasteiger partial charge in [0.15, 0.2) is 11.4 Å². The van der Waals surface area contributed by atoms with E-state index in [1.165, 1.54) is 17.9 Å². The summed E-state index contributed by atoms with van der Waals surface area (Å²) in [6.45, 7) is 1.96. The number of amides is 2. The predicted molar refractivity (Wildman–Crippen MR) is 87.8 cm³/mol. The Balaban J connectivity index is 1.89. The maximum absolute atomic E-state index is 12.0. The topological polar surface area (TPSA) is 131 Å². The van der Waals surface area contributed by atoms with Crippen molar-refractivity contribution in [3.8, 4) is 0 Å².